The van der Waals surface area contributed by atoms with Crippen LogP contribution in [0, 0.1) is 0 Å². The highest BCUT2D eigenvalue weighted by Gasteiger charge is 2.31. The second-order valence-corrected chi connectivity index (χ2v) is 7.79. The van der Waals surface area contributed by atoms with E-state index in [4.69, 9.17) is 5.73 Å². The van der Waals surface area contributed by atoms with E-state index in [1.807, 2.05) is 6.07 Å². The molecule has 3 rings (SSSR count). The van der Waals surface area contributed by atoms with E-state index in [9.17, 15) is 18.0 Å². The number of benzene rings is 1. The number of halogens is 3. The van der Waals surface area contributed by atoms with Crippen molar-refractivity contribution in [2.75, 3.05) is 11.1 Å². The Bertz CT molecular complexity index is 1010. The molecule has 0 saturated heterocycles. The lowest BCUT2D eigenvalue weighted by Gasteiger charge is -2.10. The van der Waals surface area contributed by atoms with Gasteiger partial charge in [-0.1, -0.05) is 23.5 Å². The average Bonchev–Trinajstić information content (AvgIpc) is 3.10. The molecule has 0 spiro atoms. The van der Waals surface area contributed by atoms with Crippen molar-refractivity contribution in [1.82, 2.24) is 15.2 Å². The van der Waals surface area contributed by atoms with Crippen LogP contribution < -0.4 is 15.8 Å². The van der Waals surface area contributed by atoms with Crippen LogP contribution >= 0.6 is 11.3 Å². The molecule has 31 heavy (non-hydrogen) atoms. The summed E-state index contributed by atoms with van der Waals surface area (Å²) in [6.45, 7) is 0. The molecule has 164 valence electrons. The van der Waals surface area contributed by atoms with Gasteiger partial charge in [0.2, 0.25) is 11.0 Å². The Kier molecular flexibility index (Phi) is 7.40. The monoisotopic (exact) mass is 451 g/mol. The largest absolute Gasteiger partial charge is 0.573 e. The van der Waals surface area contributed by atoms with E-state index < -0.39 is 6.36 Å². The van der Waals surface area contributed by atoms with E-state index >= 15 is 0 Å². The van der Waals surface area contributed by atoms with Crippen LogP contribution in [0.25, 0.3) is 0 Å². The Morgan fingerprint density at radius 3 is 2.61 bits per heavy atom. The normalized spacial score (nSPS) is 11.3. The molecule has 0 atom stereocenters. The van der Waals surface area contributed by atoms with Gasteiger partial charge in [0, 0.05) is 12.1 Å². The number of hydrogen-bond donors (Lipinski definition) is 2. The van der Waals surface area contributed by atoms with E-state index in [0.29, 0.717) is 16.4 Å². The molecule has 0 fully saturated rings. The van der Waals surface area contributed by atoms with Crippen molar-refractivity contribution >= 4 is 28.1 Å². The first kappa shape index (κ1) is 22.5. The van der Waals surface area contributed by atoms with E-state index in [2.05, 4.69) is 25.2 Å². The van der Waals surface area contributed by atoms with Gasteiger partial charge in [0.05, 0.1) is 18.3 Å². The van der Waals surface area contributed by atoms with Gasteiger partial charge in [0.25, 0.3) is 0 Å². The van der Waals surface area contributed by atoms with Crippen LogP contribution in [0.2, 0.25) is 0 Å². The molecule has 0 unspecified atom stereocenters. The van der Waals surface area contributed by atoms with Gasteiger partial charge in [-0.3, -0.25) is 9.78 Å². The number of pyridine rings is 1. The van der Waals surface area contributed by atoms with E-state index in [0.717, 1.165) is 36.4 Å². The molecule has 2 aromatic heterocycles. The lowest BCUT2D eigenvalue weighted by molar-refractivity contribution is -0.274. The molecule has 3 N–H and O–H groups in total. The van der Waals surface area contributed by atoms with E-state index in [-0.39, 0.29) is 18.1 Å². The van der Waals surface area contributed by atoms with Crippen molar-refractivity contribution in [3.8, 4) is 5.75 Å². The first-order chi connectivity index (χ1) is 14.8. The number of carbonyl (C=O) groups is 1. The number of nitrogens with two attached hydrogens (primary N) is 1. The molecule has 0 saturated carbocycles. The first-order valence-corrected chi connectivity index (χ1v) is 10.3. The van der Waals surface area contributed by atoms with Crippen LogP contribution in [-0.4, -0.2) is 27.5 Å². The van der Waals surface area contributed by atoms with E-state index in [1.165, 1.54) is 29.5 Å². The van der Waals surface area contributed by atoms with Crippen LogP contribution in [0.15, 0.2) is 42.6 Å². The quantitative estimate of drug-likeness (QED) is 0.474. The predicted molar refractivity (Wildman–Crippen MR) is 111 cm³/mol. The van der Waals surface area contributed by atoms with Gasteiger partial charge in [-0.25, -0.2) is 0 Å². The van der Waals surface area contributed by atoms with Crippen molar-refractivity contribution in [3.05, 3.63) is 58.9 Å². The average molecular weight is 451 g/mol. The Hall–Kier alpha value is -3.21. The highest BCUT2D eigenvalue weighted by atomic mass is 32.1. The zero-order valence-electron chi connectivity index (χ0n) is 16.4. The minimum absolute atomic E-state index is 0.0903. The van der Waals surface area contributed by atoms with Crippen LogP contribution in [-0.2, 0) is 24.1 Å². The molecule has 1 amide bonds. The summed E-state index contributed by atoms with van der Waals surface area (Å²) in [4.78, 5) is 16.5. The molecule has 0 aliphatic rings. The first-order valence-electron chi connectivity index (χ1n) is 9.44. The number of anilines is 2. The second-order valence-electron chi connectivity index (χ2n) is 6.70. The van der Waals surface area contributed by atoms with Gasteiger partial charge in [-0.15, -0.1) is 23.4 Å². The zero-order chi connectivity index (χ0) is 22.3. The summed E-state index contributed by atoms with van der Waals surface area (Å²) in [5.41, 5.74) is 7.37. The highest BCUT2D eigenvalue weighted by Crippen LogP contribution is 2.23. The van der Waals surface area contributed by atoms with Crippen molar-refractivity contribution in [2.45, 2.75) is 38.5 Å². The molecular formula is C20H20F3N5O2S. The smallest absolute Gasteiger partial charge is 0.406 e. The van der Waals surface area contributed by atoms with Gasteiger partial charge in [0.15, 0.2) is 0 Å². The maximum Gasteiger partial charge on any atom is 0.573 e. The third kappa shape index (κ3) is 7.85. The summed E-state index contributed by atoms with van der Waals surface area (Å²) in [6.07, 6.45) is 0.155. The number of hydrogen-bond acceptors (Lipinski definition) is 7. The summed E-state index contributed by atoms with van der Waals surface area (Å²) in [5.74, 6) is -0.728. The molecule has 0 bridgehead atoms. The van der Waals surface area contributed by atoms with Gasteiger partial charge >= 0.3 is 6.36 Å². The summed E-state index contributed by atoms with van der Waals surface area (Å²) in [6, 6.07) is 8.90. The Morgan fingerprint density at radius 1 is 1.13 bits per heavy atom. The van der Waals surface area contributed by atoms with Crippen molar-refractivity contribution in [1.29, 1.82) is 0 Å². The third-order valence-electron chi connectivity index (χ3n) is 4.16. The Labute approximate surface area is 180 Å². The lowest BCUT2D eigenvalue weighted by atomic mass is 10.1. The molecule has 3 aromatic rings. The topological polar surface area (TPSA) is 103 Å². The summed E-state index contributed by atoms with van der Waals surface area (Å²) in [5, 5.41) is 11.8. The number of carbonyl (C=O) groups excluding carboxylic acids is 1. The molecule has 2 heterocycles. The third-order valence-corrected chi connectivity index (χ3v) is 4.97. The second kappa shape index (κ2) is 10.2. The van der Waals surface area contributed by atoms with E-state index in [1.54, 1.807) is 18.3 Å². The number of unbranched alkanes of at least 4 members (excludes halogenated alkanes) is 1. The number of ether oxygens (including phenoxy) is 1. The molecule has 0 aliphatic carbocycles. The molecule has 0 aliphatic heterocycles. The summed E-state index contributed by atoms with van der Waals surface area (Å²) < 4.78 is 40.8. The summed E-state index contributed by atoms with van der Waals surface area (Å²) >= 11 is 1.39. The number of nitrogens with one attached hydrogen (secondary N) is 1. The Morgan fingerprint density at radius 2 is 1.94 bits per heavy atom. The van der Waals surface area contributed by atoms with Crippen molar-refractivity contribution in [3.63, 3.8) is 0 Å². The Balaban J connectivity index is 1.44. The zero-order valence-corrected chi connectivity index (χ0v) is 17.2. The van der Waals surface area contributed by atoms with Gasteiger partial charge in [-0.2, -0.15) is 0 Å². The molecular weight excluding hydrogens is 431 g/mol. The van der Waals surface area contributed by atoms with Gasteiger partial charge in [0.1, 0.15) is 10.8 Å². The lowest BCUT2D eigenvalue weighted by Crippen LogP contribution is -2.18. The molecule has 0 radical (unpaired) electrons. The highest BCUT2D eigenvalue weighted by molar-refractivity contribution is 7.15. The number of aryl methyl sites for hydroxylation is 2. The van der Waals surface area contributed by atoms with Crippen LogP contribution in [0.3, 0.4) is 0 Å². The number of nitrogen functional groups attached to an aromatic ring is 1. The fourth-order valence-electron chi connectivity index (χ4n) is 2.84. The van der Waals surface area contributed by atoms with Crippen LogP contribution in [0.1, 0.15) is 29.1 Å². The standard InChI is InChI=1S/C20H20F3N5O2S/c21-20(22,23)30-16-6-3-4-13(10-16)11-17(29)26-15-9-8-14(25-12-15)5-1-2-7-18-27-28-19(24)31-18/h3-4,6,8-10,12H,1-2,5,7,11H2,(H2,24,28)(H,26,29). The maximum atomic E-state index is 12.3. The maximum absolute atomic E-state index is 12.3. The molecule has 1 aromatic carbocycles. The van der Waals surface area contributed by atoms with Crippen LogP contribution in [0.4, 0.5) is 24.0 Å². The number of rotatable bonds is 9. The number of nitrogens with zero attached hydrogens (tertiary/aromatic N) is 3. The van der Waals surface area contributed by atoms with Crippen molar-refractivity contribution < 1.29 is 22.7 Å². The number of aromatic nitrogens is 3. The summed E-state index contributed by atoms with van der Waals surface area (Å²) in [7, 11) is 0. The van der Waals surface area contributed by atoms with Gasteiger partial charge < -0.3 is 15.8 Å². The van der Waals surface area contributed by atoms with Gasteiger partial charge in [-0.05, 0) is 49.1 Å². The minimum atomic E-state index is -4.78. The number of alkyl halides is 3. The molecule has 11 heteroatoms. The predicted octanol–water partition coefficient (Wildman–Crippen LogP) is 4.16. The minimum Gasteiger partial charge on any atom is -0.406 e. The number of amides is 1. The molecule has 7 nitrogen and oxygen atoms in total. The van der Waals surface area contributed by atoms with Crippen LogP contribution in [0.5, 0.6) is 5.75 Å². The SMILES string of the molecule is Nc1nnc(CCCCc2ccc(NC(=O)Cc3cccc(OC(F)(F)F)c3)cn2)s1. The van der Waals surface area contributed by atoms with Crippen molar-refractivity contribution in [2.24, 2.45) is 0 Å². The fraction of sp³-hybridized carbons (Fsp3) is 0.300. The fourth-order valence-corrected chi connectivity index (χ4v) is 3.49.